The Morgan fingerprint density at radius 2 is 2.08 bits per heavy atom. The molecule has 13 heavy (non-hydrogen) atoms. The van der Waals surface area contributed by atoms with Gasteiger partial charge in [0.05, 0.1) is 6.34 Å². The summed E-state index contributed by atoms with van der Waals surface area (Å²) in [4.78, 5) is 12.5. The fourth-order valence-corrected chi connectivity index (χ4v) is 0.902. The molecule has 0 fully saturated rings. The van der Waals surface area contributed by atoms with Crippen LogP contribution < -0.4 is 0 Å². The molecule has 0 aliphatic carbocycles. The number of aliphatic imine (C=N–C) groups is 2. The van der Waals surface area contributed by atoms with Crippen LogP contribution in [0.1, 0.15) is 13.8 Å². The molecular weight excluding hydrogens is 159 g/mol. The molecule has 1 aliphatic rings. The Bertz CT molecular complexity index is 210. The molecule has 0 bridgehead atoms. The van der Waals surface area contributed by atoms with Crippen molar-refractivity contribution in [3.05, 3.63) is 0 Å². The van der Waals surface area contributed by atoms with E-state index in [0.29, 0.717) is 12.7 Å². The molecular formula is C8H17LiN4. The Morgan fingerprint density at radius 1 is 1.46 bits per heavy atom. The molecule has 1 aliphatic heterocycles. The fourth-order valence-electron chi connectivity index (χ4n) is 0.902. The number of rotatable bonds is 1. The SMILES string of the molecule is CC(C)N1C=NC(N(C)C)=NC1.[LiH]. The number of hydrogen-bond donors (Lipinski definition) is 0. The van der Waals surface area contributed by atoms with Crippen molar-refractivity contribution in [1.29, 1.82) is 0 Å². The molecule has 4 nitrogen and oxygen atoms in total. The van der Waals surface area contributed by atoms with Crippen molar-refractivity contribution < 1.29 is 0 Å². The van der Waals surface area contributed by atoms with Crippen molar-refractivity contribution in [3.63, 3.8) is 0 Å². The minimum atomic E-state index is 0. The van der Waals surface area contributed by atoms with Gasteiger partial charge in [-0.05, 0) is 13.8 Å². The third kappa shape index (κ3) is 3.41. The van der Waals surface area contributed by atoms with Gasteiger partial charge in [0.2, 0.25) is 5.96 Å². The van der Waals surface area contributed by atoms with Gasteiger partial charge in [0, 0.05) is 20.1 Å². The Morgan fingerprint density at radius 3 is 2.38 bits per heavy atom. The second kappa shape index (κ2) is 5.31. The van der Waals surface area contributed by atoms with E-state index in [1.165, 1.54) is 0 Å². The first-order chi connectivity index (χ1) is 5.61. The van der Waals surface area contributed by atoms with Crippen LogP contribution in [0.3, 0.4) is 0 Å². The number of hydrogen-bond acceptors (Lipinski definition) is 4. The topological polar surface area (TPSA) is 31.2 Å². The second-order valence-corrected chi connectivity index (χ2v) is 3.35. The van der Waals surface area contributed by atoms with E-state index in [9.17, 15) is 0 Å². The molecule has 0 radical (unpaired) electrons. The van der Waals surface area contributed by atoms with Gasteiger partial charge in [-0.25, -0.2) is 9.98 Å². The van der Waals surface area contributed by atoms with Gasteiger partial charge in [-0.15, -0.1) is 0 Å². The summed E-state index contributed by atoms with van der Waals surface area (Å²) in [5.41, 5.74) is 0. The van der Waals surface area contributed by atoms with Crippen LogP contribution in [-0.2, 0) is 0 Å². The Labute approximate surface area is 91.9 Å². The van der Waals surface area contributed by atoms with Crippen LogP contribution in [0.25, 0.3) is 0 Å². The molecule has 0 aromatic heterocycles. The first-order valence-electron chi connectivity index (χ1n) is 4.13. The quantitative estimate of drug-likeness (QED) is 0.525. The molecule has 0 spiro atoms. The second-order valence-electron chi connectivity index (χ2n) is 3.35. The molecule has 0 N–H and O–H groups in total. The third-order valence-corrected chi connectivity index (χ3v) is 1.76. The Balaban J connectivity index is 0.00000144. The van der Waals surface area contributed by atoms with Gasteiger partial charge in [0.15, 0.2) is 0 Å². The normalized spacial score (nSPS) is 15.5. The molecule has 0 aromatic carbocycles. The summed E-state index contributed by atoms with van der Waals surface area (Å²) in [5, 5.41) is 0. The van der Waals surface area contributed by atoms with Gasteiger partial charge in [-0.2, -0.15) is 0 Å². The monoisotopic (exact) mass is 176 g/mol. The minimum absolute atomic E-state index is 0. The molecule has 0 unspecified atom stereocenters. The average molecular weight is 176 g/mol. The van der Waals surface area contributed by atoms with E-state index in [0.717, 1.165) is 5.96 Å². The van der Waals surface area contributed by atoms with Crippen LogP contribution in [0.2, 0.25) is 0 Å². The number of nitrogens with zero attached hydrogens (tertiary/aromatic N) is 4. The first kappa shape index (κ1) is 12.5. The van der Waals surface area contributed by atoms with Crippen LogP contribution in [0, 0.1) is 0 Å². The summed E-state index contributed by atoms with van der Waals surface area (Å²) in [7, 11) is 3.89. The van der Waals surface area contributed by atoms with Gasteiger partial charge < -0.3 is 9.80 Å². The summed E-state index contributed by atoms with van der Waals surface area (Å²) in [6.45, 7) is 4.97. The van der Waals surface area contributed by atoms with Crippen molar-refractivity contribution in [2.24, 2.45) is 9.98 Å². The summed E-state index contributed by atoms with van der Waals surface area (Å²) in [6.07, 6.45) is 1.85. The standard InChI is InChI=1S/C8H16N4.Li.H/c1-7(2)12-5-9-8(10-6-12)11(3)4;;/h5,7H,6H2,1-4H3;;. The van der Waals surface area contributed by atoms with Crippen molar-refractivity contribution in [2.75, 3.05) is 20.8 Å². The van der Waals surface area contributed by atoms with E-state index in [-0.39, 0.29) is 18.9 Å². The van der Waals surface area contributed by atoms with Gasteiger partial charge in [-0.3, -0.25) is 0 Å². The van der Waals surface area contributed by atoms with Crippen molar-refractivity contribution >= 4 is 31.2 Å². The van der Waals surface area contributed by atoms with Crippen molar-refractivity contribution in [3.8, 4) is 0 Å². The molecule has 0 saturated heterocycles. The van der Waals surface area contributed by atoms with E-state index in [1.807, 2.05) is 25.3 Å². The molecule has 0 atom stereocenters. The molecule has 0 aromatic rings. The zero-order valence-electron chi connectivity index (χ0n) is 8.15. The van der Waals surface area contributed by atoms with Gasteiger partial charge in [-0.1, -0.05) is 0 Å². The Hall–Kier alpha value is -0.463. The fraction of sp³-hybridized carbons (Fsp3) is 0.750. The third-order valence-electron chi connectivity index (χ3n) is 1.76. The van der Waals surface area contributed by atoms with Crippen LogP contribution in [-0.4, -0.2) is 67.8 Å². The predicted octanol–water partition coefficient (Wildman–Crippen LogP) is -0.0347. The summed E-state index contributed by atoms with van der Waals surface area (Å²) < 4.78 is 0. The van der Waals surface area contributed by atoms with E-state index < -0.39 is 0 Å². The van der Waals surface area contributed by atoms with E-state index in [2.05, 4.69) is 28.7 Å². The van der Waals surface area contributed by atoms with E-state index in [4.69, 9.17) is 0 Å². The molecule has 1 rings (SSSR count). The maximum absolute atomic E-state index is 4.30. The Kier molecular flexibility index (Phi) is 5.12. The van der Waals surface area contributed by atoms with Gasteiger partial charge >= 0.3 is 18.9 Å². The van der Waals surface area contributed by atoms with E-state index >= 15 is 0 Å². The maximum atomic E-state index is 4.30. The van der Waals surface area contributed by atoms with Crippen molar-refractivity contribution in [2.45, 2.75) is 19.9 Å². The van der Waals surface area contributed by atoms with Crippen LogP contribution >= 0.6 is 0 Å². The van der Waals surface area contributed by atoms with Gasteiger partial charge in [0.1, 0.15) is 6.67 Å². The molecule has 70 valence electrons. The van der Waals surface area contributed by atoms with Crippen LogP contribution in [0.5, 0.6) is 0 Å². The van der Waals surface area contributed by atoms with Crippen LogP contribution in [0.15, 0.2) is 9.98 Å². The van der Waals surface area contributed by atoms with Gasteiger partial charge in [0.25, 0.3) is 0 Å². The first-order valence-corrected chi connectivity index (χ1v) is 4.13. The molecule has 0 amide bonds. The summed E-state index contributed by atoms with van der Waals surface area (Å²) in [5.74, 6) is 0.798. The van der Waals surface area contributed by atoms with E-state index in [1.54, 1.807) is 0 Å². The molecule has 0 saturated carbocycles. The molecule has 1 heterocycles. The van der Waals surface area contributed by atoms with Crippen LogP contribution in [0.4, 0.5) is 0 Å². The van der Waals surface area contributed by atoms with Crippen molar-refractivity contribution in [1.82, 2.24) is 9.80 Å². The average Bonchev–Trinajstić information content (AvgIpc) is 2.04. The zero-order chi connectivity index (χ0) is 9.14. The molecule has 5 heteroatoms. The summed E-state index contributed by atoms with van der Waals surface area (Å²) >= 11 is 0. The number of guanidine groups is 1. The summed E-state index contributed by atoms with van der Waals surface area (Å²) in [6, 6.07) is 0.473. The predicted molar refractivity (Wildman–Crippen MR) is 58.6 cm³/mol. The zero-order valence-corrected chi connectivity index (χ0v) is 8.15.